The van der Waals surface area contributed by atoms with Gasteiger partial charge in [0.1, 0.15) is 0 Å². The maximum Gasteiger partial charge on any atom is 0.0917 e. The molecule has 0 amide bonds. The first-order valence-electron chi connectivity index (χ1n) is 5.40. The van der Waals surface area contributed by atoms with Gasteiger partial charge >= 0.3 is 0 Å². The molecular formula is C9H18N4. The lowest BCUT2D eigenvalue weighted by atomic mass is 10.1. The lowest BCUT2D eigenvalue weighted by Gasteiger charge is -2.53. The quantitative estimate of drug-likeness (QED) is 0.495. The van der Waals surface area contributed by atoms with Gasteiger partial charge in [0, 0.05) is 39.3 Å². The molecule has 4 nitrogen and oxygen atoms in total. The highest BCUT2D eigenvalue weighted by molar-refractivity contribution is 4.94. The molecule has 13 heavy (non-hydrogen) atoms. The monoisotopic (exact) mass is 182 g/mol. The average molecular weight is 182 g/mol. The minimum Gasteiger partial charge on any atom is -0.298 e. The van der Waals surface area contributed by atoms with Crippen LogP contribution in [-0.4, -0.2) is 61.4 Å². The highest BCUT2D eigenvalue weighted by Gasteiger charge is 2.39. The Balaban J connectivity index is 1.82. The lowest BCUT2D eigenvalue weighted by molar-refractivity contribution is -0.0643. The van der Waals surface area contributed by atoms with E-state index >= 15 is 0 Å². The average Bonchev–Trinajstić information content (AvgIpc) is 2.19. The maximum absolute atomic E-state index is 3.56. The fourth-order valence-corrected chi connectivity index (χ4v) is 2.89. The third-order valence-corrected chi connectivity index (χ3v) is 3.46. The standard InChI is InChI=1S/C9H18N4/c1-4-12-6-2-10-8-9(12)13(5-1)7-3-11-8/h8-11H,1-7H2. The summed E-state index contributed by atoms with van der Waals surface area (Å²) in [4.78, 5) is 5.24. The molecule has 0 radical (unpaired) electrons. The fourth-order valence-electron chi connectivity index (χ4n) is 2.89. The van der Waals surface area contributed by atoms with Crippen molar-refractivity contribution in [2.45, 2.75) is 18.8 Å². The summed E-state index contributed by atoms with van der Waals surface area (Å²) in [5, 5.41) is 7.11. The second-order valence-electron chi connectivity index (χ2n) is 4.23. The van der Waals surface area contributed by atoms with E-state index in [1.807, 2.05) is 0 Å². The number of hydrogen-bond acceptors (Lipinski definition) is 4. The van der Waals surface area contributed by atoms with E-state index in [9.17, 15) is 0 Å². The van der Waals surface area contributed by atoms with Crippen molar-refractivity contribution in [3.63, 3.8) is 0 Å². The maximum atomic E-state index is 3.56. The van der Waals surface area contributed by atoms with Gasteiger partial charge < -0.3 is 0 Å². The summed E-state index contributed by atoms with van der Waals surface area (Å²) in [5.41, 5.74) is 0. The van der Waals surface area contributed by atoms with Crippen LogP contribution >= 0.6 is 0 Å². The van der Waals surface area contributed by atoms with Gasteiger partial charge in [-0.25, -0.2) is 0 Å². The van der Waals surface area contributed by atoms with Crippen LogP contribution in [-0.2, 0) is 0 Å². The van der Waals surface area contributed by atoms with E-state index in [0.29, 0.717) is 12.3 Å². The second-order valence-corrected chi connectivity index (χ2v) is 4.23. The molecule has 0 atom stereocenters. The molecule has 0 aromatic heterocycles. The number of piperazine rings is 2. The molecule has 3 aliphatic rings. The van der Waals surface area contributed by atoms with Crippen LogP contribution in [0.4, 0.5) is 0 Å². The number of nitrogens with one attached hydrogen (secondary N) is 2. The zero-order valence-electron chi connectivity index (χ0n) is 8.00. The molecule has 3 heterocycles. The van der Waals surface area contributed by atoms with Crippen LogP contribution in [0, 0.1) is 0 Å². The topological polar surface area (TPSA) is 30.5 Å². The van der Waals surface area contributed by atoms with Gasteiger partial charge in [0.25, 0.3) is 0 Å². The van der Waals surface area contributed by atoms with Gasteiger partial charge in [0.15, 0.2) is 0 Å². The Kier molecular flexibility index (Phi) is 2.01. The van der Waals surface area contributed by atoms with Crippen molar-refractivity contribution in [2.75, 3.05) is 39.3 Å². The van der Waals surface area contributed by atoms with Crippen LogP contribution in [0.15, 0.2) is 0 Å². The predicted octanol–water partition coefficient (Wildman–Crippen LogP) is -1.15. The molecule has 0 saturated carbocycles. The summed E-state index contributed by atoms with van der Waals surface area (Å²) in [5.74, 6) is 0. The van der Waals surface area contributed by atoms with E-state index in [1.54, 1.807) is 0 Å². The van der Waals surface area contributed by atoms with Crippen molar-refractivity contribution >= 4 is 0 Å². The van der Waals surface area contributed by atoms with E-state index in [2.05, 4.69) is 20.4 Å². The highest BCUT2D eigenvalue weighted by Crippen LogP contribution is 2.20. The highest BCUT2D eigenvalue weighted by atomic mass is 15.5. The summed E-state index contributed by atoms with van der Waals surface area (Å²) >= 11 is 0. The lowest BCUT2D eigenvalue weighted by Crippen LogP contribution is -2.74. The fraction of sp³-hybridized carbons (Fsp3) is 1.00. The number of nitrogens with zero attached hydrogens (tertiary/aromatic N) is 2. The summed E-state index contributed by atoms with van der Waals surface area (Å²) in [6, 6.07) is 0. The SMILES string of the molecule is C1CN2CCNC3NCCN(C1)C32. The van der Waals surface area contributed by atoms with Crippen molar-refractivity contribution in [3.05, 3.63) is 0 Å². The molecule has 2 N–H and O–H groups in total. The Morgan fingerprint density at radius 3 is 2.08 bits per heavy atom. The Morgan fingerprint density at radius 1 is 0.846 bits per heavy atom. The predicted molar refractivity (Wildman–Crippen MR) is 51.3 cm³/mol. The van der Waals surface area contributed by atoms with E-state index < -0.39 is 0 Å². The normalized spacial score (nSPS) is 41.5. The molecule has 3 fully saturated rings. The van der Waals surface area contributed by atoms with Crippen LogP contribution in [0.1, 0.15) is 6.42 Å². The van der Waals surface area contributed by atoms with Gasteiger partial charge in [0.05, 0.1) is 12.3 Å². The van der Waals surface area contributed by atoms with Crippen LogP contribution < -0.4 is 10.6 Å². The Hall–Kier alpha value is -0.160. The Labute approximate surface area is 79.3 Å². The smallest absolute Gasteiger partial charge is 0.0917 e. The van der Waals surface area contributed by atoms with E-state index in [4.69, 9.17) is 0 Å². The summed E-state index contributed by atoms with van der Waals surface area (Å²) in [6.45, 7) is 7.31. The largest absolute Gasteiger partial charge is 0.298 e. The van der Waals surface area contributed by atoms with Crippen molar-refractivity contribution in [1.82, 2.24) is 20.4 Å². The van der Waals surface area contributed by atoms with Crippen molar-refractivity contribution in [2.24, 2.45) is 0 Å². The van der Waals surface area contributed by atoms with Crippen LogP contribution in [0.2, 0.25) is 0 Å². The molecule has 4 heteroatoms. The first kappa shape index (κ1) is 8.17. The first-order valence-corrected chi connectivity index (χ1v) is 5.40. The molecule has 3 aliphatic heterocycles. The number of hydrogen-bond donors (Lipinski definition) is 2. The minimum atomic E-state index is 0.516. The van der Waals surface area contributed by atoms with E-state index in [1.165, 1.54) is 32.6 Å². The van der Waals surface area contributed by atoms with Gasteiger partial charge in [0.2, 0.25) is 0 Å². The summed E-state index contributed by atoms with van der Waals surface area (Å²) < 4.78 is 0. The van der Waals surface area contributed by atoms with Crippen molar-refractivity contribution in [1.29, 1.82) is 0 Å². The van der Waals surface area contributed by atoms with E-state index in [-0.39, 0.29) is 0 Å². The third kappa shape index (κ3) is 1.29. The summed E-state index contributed by atoms with van der Waals surface area (Å²) in [7, 11) is 0. The molecule has 0 aliphatic carbocycles. The molecule has 0 bridgehead atoms. The van der Waals surface area contributed by atoms with Crippen LogP contribution in [0.5, 0.6) is 0 Å². The molecule has 0 unspecified atom stereocenters. The van der Waals surface area contributed by atoms with Crippen molar-refractivity contribution in [3.8, 4) is 0 Å². The van der Waals surface area contributed by atoms with Gasteiger partial charge in [-0.3, -0.25) is 20.4 Å². The first-order chi connectivity index (χ1) is 6.45. The zero-order valence-corrected chi connectivity index (χ0v) is 8.00. The van der Waals surface area contributed by atoms with Crippen LogP contribution in [0.25, 0.3) is 0 Å². The molecule has 3 saturated heterocycles. The third-order valence-electron chi connectivity index (χ3n) is 3.46. The minimum absolute atomic E-state index is 0.516. The zero-order chi connectivity index (χ0) is 8.67. The molecule has 0 aromatic rings. The Bertz CT molecular complexity index is 151. The molecule has 0 aromatic carbocycles. The van der Waals surface area contributed by atoms with Gasteiger partial charge in [-0.1, -0.05) is 0 Å². The molecule has 0 spiro atoms. The van der Waals surface area contributed by atoms with Crippen LogP contribution in [0.3, 0.4) is 0 Å². The molecule has 3 rings (SSSR count). The van der Waals surface area contributed by atoms with Gasteiger partial charge in [-0.05, 0) is 6.42 Å². The van der Waals surface area contributed by atoms with Crippen molar-refractivity contribution < 1.29 is 0 Å². The molecular weight excluding hydrogens is 164 g/mol. The van der Waals surface area contributed by atoms with E-state index in [0.717, 1.165) is 13.1 Å². The summed E-state index contributed by atoms with van der Waals surface area (Å²) in [6.07, 6.45) is 2.50. The van der Waals surface area contributed by atoms with Gasteiger partial charge in [-0.15, -0.1) is 0 Å². The Morgan fingerprint density at radius 2 is 1.46 bits per heavy atom. The van der Waals surface area contributed by atoms with Gasteiger partial charge in [-0.2, -0.15) is 0 Å². The molecule has 74 valence electrons. The second kappa shape index (κ2) is 3.20. The number of rotatable bonds is 0.